The molecule has 0 fully saturated rings. The van der Waals surface area contributed by atoms with E-state index in [1.165, 1.54) is 0 Å². The third-order valence-electron chi connectivity index (χ3n) is 4.33. The maximum atomic E-state index is 11.8. The van der Waals surface area contributed by atoms with Crippen molar-refractivity contribution in [3.63, 3.8) is 0 Å². The number of carbonyl (C=O) groups excluding carboxylic acids is 1. The lowest BCUT2D eigenvalue weighted by Gasteiger charge is -2.21. The largest absolute Gasteiger partial charge is 0.375 e. The fourth-order valence-corrected chi connectivity index (χ4v) is 3.54. The van der Waals surface area contributed by atoms with Gasteiger partial charge in [-0.05, 0) is 38.5 Å². The predicted octanol–water partition coefficient (Wildman–Crippen LogP) is 4.21. The quantitative estimate of drug-likeness (QED) is 0.256. The summed E-state index contributed by atoms with van der Waals surface area (Å²) in [6.07, 6.45) is 0.000374. The van der Waals surface area contributed by atoms with E-state index in [0.717, 1.165) is 27.9 Å². The summed E-state index contributed by atoms with van der Waals surface area (Å²) in [5.41, 5.74) is 2.83. The summed E-state index contributed by atoms with van der Waals surface area (Å²) in [6, 6.07) is 7.61. The second-order valence-corrected chi connectivity index (χ2v) is 8.15. The minimum atomic E-state index is -0.206. The predicted molar refractivity (Wildman–Crippen MR) is 138 cm³/mol. The zero-order chi connectivity index (χ0) is 22.1. The van der Waals surface area contributed by atoms with Crippen LogP contribution in [0.2, 0.25) is 0 Å². The molecule has 0 bridgehead atoms. The maximum absolute atomic E-state index is 11.8. The lowest BCUT2D eigenvalue weighted by Crippen LogP contribution is -2.38. The molecule has 2 amide bonds. The van der Waals surface area contributed by atoms with Crippen molar-refractivity contribution in [1.82, 2.24) is 20.5 Å². The van der Waals surface area contributed by atoms with Crippen LogP contribution in [0.1, 0.15) is 43.1 Å². The average Bonchev–Trinajstić information content (AvgIpc) is 3.16. The van der Waals surface area contributed by atoms with Gasteiger partial charge in [0.15, 0.2) is 5.96 Å². The smallest absolute Gasteiger partial charge is 0.319 e. The molecular formula is C21H33IN6O2S. The molecule has 10 heteroatoms. The van der Waals surface area contributed by atoms with Crippen molar-refractivity contribution >= 4 is 53.0 Å². The van der Waals surface area contributed by atoms with Crippen LogP contribution in [-0.4, -0.2) is 49.1 Å². The first-order valence-electron chi connectivity index (χ1n) is 9.87. The molecule has 172 valence electrons. The van der Waals surface area contributed by atoms with Crippen molar-refractivity contribution in [2.75, 3.05) is 26.5 Å². The molecule has 2 aromatic rings. The molecular weight excluding hydrogens is 527 g/mol. The molecule has 1 aromatic carbocycles. The summed E-state index contributed by atoms with van der Waals surface area (Å²) in [5, 5.41) is 12.0. The SMILES string of the molecule is CN=C(NCc1ccc(NC(=O)NC(C)C)cc1)N(C)Cc1csc(C(C)OC)n1.I. The van der Waals surface area contributed by atoms with Crippen LogP contribution in [-0.2, 0) is 17.8 Å². The monoisotopic (exact) mass is 560 g/mol. The number of guanidine groups is 1. The fraction of sp³-hybridized carbons (Fsp3) is 0.476. The lowest BCUT2D eigenvalue weighted by molar-refractivity contribution is 0.119. The standard InChI is InChI=1S/C21H32N6O2S.HI/c1-14(2)24-21(28)26-17-9-7-16(8-10-17)11-23-20(22-4)27(5)12-18-13-30-19(25-18)15(3)29-6;/h7-10,13-15H,11-12H2,1-6H3,(H,22,23)(H2,24,26,28);1H. The van der Waals surface area contributed by atoms with Gasteiger partial charge in [-0.3, -0.25) is 4.99 Å². The van der Waals surface area contributed by atoms with E-state index < -0.39 is 0 Å². The van der Waals surface area contributed by atoms with Crippen molar-refractivity contribution < 1.29 is 9.53 Å². The Kier molecular flexibility index (Phi) is 11.8. The third-order valence-corrected chi connectivity index (χ3v) is 5.38. The number of benzene rings is 1. The number of ether oxygens (including phenoxy) is 1. The van der Waals surface area contributed by atoms with Crippen molar-refractivity contribution in [2.45, 2.75) is 46.0 Å². The van der Waals surface area contributed by atoms with Gasteiger partial charge in [-0.15, -0.1) is 35.3 Å². The Balaban J connectivity index is 0.00000480. The number of halogens is 1. The van der Waals surface area contributed by atoms with E-state index in [9.17, 15) is 4.79 Å². The van der Waals surface area contributed by atoms with E-state index in [4.69, 9.17) is 4.74 Å². The molecule has 2 rings (SSSR count). The van der Waals surface area contributed by atoms with Gasteiger partial charge < -0.3 is 25.6 Å². The Bertz CT molecular complexity index is 841. The Morgan fingerprint density at radius 1 is 1.26 bits per heavy atom. The van der Waals surface area contributed by atoms with Gasteiger partial charge in [-0.2, -0.15) is 0 Å². The highest BCUT2D eigenvalue weighted by Crippen LogP contribution is 2.21. The Morgan fingerprint density at radius 3 is 2.52 bits per heavy atom. The van der Waals surface area contributed by atoms with Crippen molar-refractivity contribution in [1.29, 1.82) is 0 Å². The topological polar surface area (TPSA) is 90.9 Å². The second kappa shape index (κ2) is 13.5. The summed E-state index contributed by atoms with van der Waals surface area (Å²) >= 11 is 1.60. The van der Waals surface area contributed by atoms with Gasteiger partial charge in [0, 0.05) is 44.9 Å². The summed E-state index contributed by atoms with van der Waals surface area (Å²) in [4.78, 5) is 22.8. The minimum Gasteiger partial charge on any atom is -0.375 e. The zero-order valence-electron chi connectivity index (χ0n) is 18.9. The molecule has 0 saturated carbocycles. The molecule has 0 aliphatic rings. The molecule has 0 aliphatic heterocycles. The Morgan fingerprint density at radius 2 is 1.94 bits per heavy atom. The van der Waals surface area contributed by atoms with Gasteiger partial charge in [0.2, 0.25) is 0 Å². The van der Waals surface area contributed by atoms with E-state index in [2.05, 4.69) is 31.3 Å². The Labute approximate surface area is 205 Å². The van der Waals surface area contributed by atoms with Crippen LogP contribution < -0.4 is 16.0 Å². The molecule has 1 aromatic heterocycles. The number of aliphatic imine (C=N–C) groups is 1. The van der Waals surface area contributed by atoms with E-state index in [1.54, 1.807) is 25.5 Å². The number of aromatic nitrogens is 1. The van der Waals surface area contributed by atoms with E-state index >= 15 is 0 Å². The minimum absolute atomic E-state index is 0. The molecule has 0 spiro atoms. The van der Waals surface area contributed by atoms with Gasteiger partial charge in [-0.1, -0.05) is 12.1 Å². The van der Waals surface area contributed by atoms with Crippen molar-refractivity contribution in [3.05, 3.63) is 45.9 Å². The highest BCUT2D eigenvalue weighted by atomic mass is 127. The van der Waals surface area contributed by atoms with Gasteiger partial charge in [0.05, 0.1) is 12.2 Å². The molecule has 1 heterocycles. The normalized spacial score (nSPS) is 12.2. The highest BCUT2D eigenvalue weighted by Gasteiger charge is 2.12. The average molecular weight is 561 g/mol. The molecule has 0 aliphatic carbocycles. The lowest BCUT2D eigenvalue weighted by atomic mass is 10.2. The van der Waals surface area contributed by atoms with Crippen LogP contribution in [0.4, 0.5) is 10.5 Å². The fourth-order valence-electron chi connectivity index (χ4n) is 2.70. The first-order chi connectivity index (χ1) is 14.3. The number of amides is 2. The number of carbonyl (C=O) groups is 1. The maximum Gasteiger partial charge on any atom is 0.319 e. The van der Waals surface area contributed by atoms with Crippen LogP contribution in [0, 0.1) is 0 Å². The summed E-state index contributed by atoms with van der Waals surface area (Å²) in [7, 11) is 5.43. The summed E-state index contributed by atoms with van der Waals surface area (Å²) < 4.78 is 5.33. The zero-order valence-corrected chi connectivity index (χ0v) is 22.1. The van der Waals surface area contributed by atoms with Gasteiger partial charge in [0.25, 0.3) is 0 Å². The number of methoxy groups -OCH3 is 1. The molecule has 0 saturated heterocycles. The Hall–Kier alpha value is -1.92. The number of nitrogens with zero attached hydrogens (tertiary/aromatic N) is 3. The highest BCUT2D eigenvalue weighted by molar-refractivity contribution is 14.0. The first-order valence-corrected chi connectivity index (χ1v) is 10.8. The van der Waals surface area contributed by atoms with E-state index in [0.29, 0.717) is 13.1 Å². The van der Waals surface area contributed by atoms with Gasteiger partial charge >= 0.3 is 6.03 Å². The molecule has 3 N–H and O–H groups in total. The van der Waals surface area contributed by atoms with Crippen LogP contribution >= 0.6 is 35.3 Å². The number of thiazole rings is 1. The van der Waals surface area contributed by atoms with Crippen molar-refractivity contribution in [2.24, 2.45) is 4.99 Å². The number of nitrogens with one attached hydrogen (secondary N) is 3. The van der Waals surface area contributed by atoms with Crippen LogP contribution in [0.5, 0.6) is 0 Å². The van der Waals surface area contributed by atoms with Crippen LogP contribution in [0.15, 0.2) is 34.6 Å². The van der Waals surface area contributed by atoms with E-state index in [1.807, 2.05) is 57.0 Å². The van der Waals surface area contributed by atoms with E-state index in [-0.39, 0.29) is 42.2 Å². The van der Waals surface area contributed by atoms with Crippen molar-refractivity contribution in [3.8, 4) is 0 Å². The number of anilines is 1. The third kappa shape index (κ3) is 8.99. The van der Waals surface area contributed by atoms with Gasteiger partial charge in [0.1, 0.15) is 11.1 Å². The number of rotatable bonds is 8. The second-order valence-electron chi connectivity index (χ2n) is 7.26. The van der Waals surface area contributed by atoms with Gasteiger partial charge in [-0.25, -0.2) is 9.78 Å². The summed E-state index contributed by atoms with van der Waals surface area (Å²) in [6.45, 7) is 7.11. The number of urea groups is 1. The van der Waals surface area contributed by atoms with Crippen LogP contribution in [0.25, 0.3) is 0 Å². The molecule has 8 nitrogen and oxygen atoms in total. The molecule has 1 atom stereocenters. The molecule has 1 unspecified atom stereocenters. The number of hydrogen-bond donors (Lipinski definition) is 3. The molecule has 0 radical (unpaired) electrons. The first kappa shape index (κ1) is 27.1. The molecule has 31 heavy (non-hydrogen) atoms. The van der Waals surface area contributed by atoms with Crippen LogP contribution in [0.3, 0.4) is 0 Å². The number of hydrogen-bond acceptors (Lipinski definition) is 5. The summed E-state index contributed by atoms with van der Waals surface area (Å²) in [5.74, 6) is 0.780.